The summed E-state index contributed by atoms with van der Waals surface area (Å²) in [6.45, 7) is 0. The molecule has 1 aliphatic carbocycles. The molecular formula is C22H24N4O6. The molecule has 0 spiro atoms. The van der Waals surface area contributed by atoms with Gasteiger partial charge in [-0.3, -0.25) is 29.4 Å². The number of aromatic amines is 2. The number of carbonyl (C=O) groups excluding carboxylic acids is 2. The van der Waals surface area contributed by atoms with Crippen LogP contribution < -0.4 is 10.9 Å². The van der Waals surface area contributed by atoms with Crippen molar-refractivity contribution in [2.24, 2.45) is 0 Å². The number of H-pyrrole nitrogens is 2. The van der Waals surface area contributed by atoms with E-state index in [-0.39, 0.29) is 35.1 Å². The normalized spacial score (nSPS) is 12.3. The molecule has 0 fully saturated rings. The number of fused-ring (bicyclic) bond motifs is 2. The highest BCUT2D eigenvalue weighted by Gasteiger charge is 2.18. The Kier molecular flexibility index (Phi) is 7.48. The molecule has 0 saturated heterocycles. The van der Waals surface area contributed by atoms with Crippen molar-refractivity contribution in [3.8, 4) is 0 Å². The quantitative estimate of drug-likeness (QED) is 0.572. The number of para-hydroxylation sites is 1. The molecule has 0 amide bonds. The number of esters is 2. The van der Waals surface area contributed by atoms with Gasteiger partial charge in [-0.05, 0) is 37.8 Å². The molecule has 0 atom stereocenters. The average Bonchev–Trinajstić information content (AvgIpc) is 2.83. The van der Waals surface area contributed by atoms with Gasteiger partial charge in [-0.2, -0.15) is 10.2 Å². The number of carbonyl (C=O) groups is 2. The highest BCUT2D eigenvalue weighted by Crippen LogP contribution is 2.15. The van der Waals surface area contributed by atoms with Gasteiger partial charge in [-0.15, -0.1) is 0 Å². The van der Waals surface area contributed by atoms with Gasteiger partial charge < -0.3 is 9.47 Å². The minimum absolute atomic E-state index is 0.0564. The van der Waals surface area contributed by atoms with Crippen molar-refractivity contribution in [1.82, 2.24) is 20.4 Å². The largest absolute Gasteiger partial charge is 0.469 e. The van der Waals surface area contributed by atoms with E-state index in [2.05, 4.69) is 29.9 Å². The molecule has 0 aliphatic heterocycles. The van der Waals surface area contributed by atoms with Gasteiger partial charge in [-0.1, -0.05) is 12.1 Å². The van der Waals surface area contributed by atoms with Gasteiger partial charge in [0.05, 0.1) is 32.6 Å². The first kappa shape index (κ1) is 22.9. The van der Waals surface area contributed by atoms with E-state index in [1.165, 1.54) is 14.2 Å². The van der Waals surface area contributed by atoms with Crippen molar-refractivity contribution >= 4 is 22.8 Å². The van der Waals surface area contributed by atoms with Gasteiger partial charge >= 0.3 is 11.9 Å². The third kappa shape index (κ3) is 5.26. The number of ether oxygens (including phenoxy) is 2. The summed E-state index contributed by atoms with van der Waals surface area (Å²) in [6.07, 6.45) is 3.59. The van der Waals surface area contributed by atoms with Crippen LogP contribution in [0.2, 0.25) is 0 Å². The van der Waals surface area contributed by atoms with Gasteiger partial charge in [0.2, 0.25) is 10.9 Å². The summed E-state index contributed by atoms with van der Waals surface area (Å²) in [4.78, 5) is 46.0. The lowest BCUT2D eigenvalue weighted by atomic mass is 9.95. The van der Waals surface area contributed by atoms with Crippen LogP contribution in [-0.4, -0.2) is 46.6 Å². The van der Waals surface area contributed by atoms with E-state index in [9.17, 15) is 19.2 Å². The topological polar surface area (TPSA) is 144 Å². The Labute approximate surface area is 183 Å². The van der Waals surface area contributed by atoms with Gasteiger partial charge in [0, 0.05) is 16.6 Å². The smallest absolute Gasteiger partial charge is 0.311 e. The molecule has 0 saturated carbocycles. The number of methoxy groups -OCH3 is 2. The van der Waals surface area contributed by atoms with Crippen LogP contribution in [0.25, 0.3) is 10.9 Å². The molecule has 2 N–H and O–H groups in total. The van der Waals surface area contributed by atoms with Crippen molar-refractivity contribution in [2.75, 3.05) is 14.2 Å². The fourth-order valence-electron chi connectivity index (χ4n) is 3.41. The van der Waals surface area contributed by atoms with Crippen LogP contribution in [0.5, 0.6) is 0 Å². The predicted octanol–water partition coefficient (Wildman–Crippen LogP) is 1.00. The molecule has 10 heteroatoms. The maximum Gasteiger partial charge on any atom is 0.311 e. The molecule has 32 heavy (non-hydrogen) atoms. The lowest BCUT2D eigenvalue weighted by Gasteiger charge is -2.14. The molecule has 10 nitrogen and oxygen atoms in total. The first-order valence-corrected chi connectivity index (χ1v) is 10.1. The minimum atomic E-state index is -0.478. The van der Waals surface area contributed by atoms with Crippen LogP contribution in [-0.2, 0) is 44.7 Å². The van der Waals surface area contributed by atoms with Crippen LogP contribution in [0, 0.1) is 0 Å². The number of hydrogen-bond acceptors (Lipinski definition) is 8. The predicted molar refractivity (Wildman–Crippen MR) is 115 cm³/mol. The molecule has 0 radical (unpaired) electrons. The van der Waals surface area contributed by atoms with Crippen LogP contribution >= 0.6 is 0 Å². The minimum Gasteiger partial charge on any atom is -0.469 e. The maximum atomic E-state index is 12.0. The molecule has 2 heterocycles. The number of aromatic nitrogens is 4. The summed E-state index contributed by atoms with van der Waals surface area (Å²) in [5.41, 5.74) is 2.46. The number of hydrogen-bond donors (Lipinski definition) is 2. The van der Waals surface area contributed by atoms with Gasteiger partial charge in [0.25, 0.3) is 0 Å². The third-order valence-electron chi connectivity index (χ3n) is 5.15. The number of nitrogens with zero attached hydrogens (tertiary/aromatic N) is 2. The molecule has 0 bridgehead atoms. The first-order valence-electron chi connectivity index (χ1n) is 10.1. The molecule has 2 aromatic heterocycles. The second kappa shape index (κ2) is 10.5. The summed E-state index contributed by atoms with van der Waals surface area (Å²) in [7, 11) is 2.58. The number of rotatable bonds is 4. The number of benzene rings is 1. The van der Waals surface area contributed by atoms with E-state index in [1.54, 1.807) is 24.3 Å². The van der Waals surface area contributed by atoms with Crippen molar-refractivity contribution in [3.05, 3.63) is 67.4 Å². The Bertz CT molecular complexity index is 1250. The molecule has 3 aromatic rings. The van der Waals surface area contributed by atoms with Crippen LogP contribution in [0.3, 0.4) is 0 Å². The monoisotopic (exact) mass is 440 g/mol. The Morgan fingerprint density at radius 2 is 1.47 bits per heavy atom. The third-order valence-corrected chi connectivity index (χ3v) is 5.15. The van der Waals surface area contributed by atoms with E-state index in [1.807, 2.05) is 0 Å². The lowest BCUT2D eigenvalue weighted by molar-refractivity contribution is -0.140. The molecule has 168 valence electrons. The Balaban J connectivity index is 0.000000181. The van der Waals surface area contributed by atoms with Crippen molar-refractivity contribution in [1.29, 1.82) is 0 Å². The summed E-state index contributed by atoms with van der Waals surface area (Å²) < 4.78 is 9.01. The Morgan fingerprint density at radius 1 is 0.875 bits per heavy atom. The van der Waals surface area contributed by atoms with Crippen LogP contribution in [0.4, 0.5) is 0 Å². The summed E-state index contributed by atoms with van der Waals surface area (Å²) in [6, 6.07) is 7.02. The van der Waals surface area contributed by atoms with E-state index in [0.717, 1.165) is 36.9 Å². The molecule has 1 aromatic carbocycles. The second-order valence-electron chi connectivity index (χ2n) is 7.21. The van der Waals surface area contributed by atoms with Crippen molar-refractivity contribution in [3.63, 3.8) is 0 Å². The Morgan fingerprint density at radius 3 is 2.16 bits per heavy atom. The lowest BCUT2D eigenvalue weighted by Crippen LogP contribution is -2.25. The van der Waals surface area contributed by atoms with E-state index >= 15 is 0 Å². The van der Waals surface area contributed by atoms with E-state index in [4.69, 9.17) is 0 Å². The Hall–Kier alpha value is -3.82. The molecule has 4 rings (SSSR count). The first-order chi connectivity index (χ1) is 15.4. The van der Waals surface area contributed by atoms with Crippen LogP contribution in [0.15, 0.2) is 33.9 Å². The molecule has 1 aliphatic rings. The summed E-state index contributed by atoms with van der Waals surface area (Å²) in [5.74, 6) is -0.915. The molecule has 0 unspecified atom stereocenters. The van der Waals surface area contributed by atoms with E-state index in [0.29, 0.717) is 10.9 Å². The van der Waals surface area contributed by atoms with E-state index < -0.39 is 11.9 Å². The van der Waals surface area contributed by atoms with Gasteiger partial charge in [0.15, 0.2) is 0 Å². The highest BCUT2D eigenvalue weighted by molar-refractivity contribution is 5.79. The van der Waals surface area contributed by atoms with Crippen molar-refractivity contribution < 1.29 is 19.1 Å². The fourth-order valence-corrected chi connectivity index (χ4v) is 3.41. The SMILES string of the molecule is COC(=O)Cc1n[nH]c2c(c1=O)CCCC2.COC(=O)Cc1n[nH]c2ccccc2c1=O. The standard InChI is InChI=1S/C11H14N2O3.C11H10N2O3/c2*1-16-10(14)6-9-11(15)7-4-2-3-5-8(7)12-13-9/h2-6H2,1H3,(H,12,15);2-5H,6H2,1H3,(H,12,15). The zero-order valence-electron chi connectivity index (χ0n) is 17.9. The number of nitrogens with one attached hydrogen (secondary N) is 2. The van der Waals surface area contributed by atoms with Gasteiger partial charge in [-0.25, -0.2) is 0 Å². The fraction of sp³-hybridized carbons (Fsp3) is 0.364. The summed E-state index contributed by atoms with van der Waals surface area (Å²) >= 11 is 0. The van der Waals surface area contributed by atoms with Crippen molar-refractivity contribution in [2.45, 2.75) is 38.5 Å². The number of aryl methyl sites for hydroxylation is 1. The zero-order chi connectivity index (χ0) is 23.1. The second-order valence-corrected chi connectivity index (χ2v) is 7.21. The summed E-state index contributed by atoms with van der Waals surface area (Å²) in [5, 5.41) is 13.9. The highest BCUT2D eigenvalue weighted by atomic mass is 16.5. The average molecular weight is 440 g/mol. The van der Waals surface area contributed by atoms with Gasteiger partial charge in [0.1, 0.15) is 11.4 Å². The van der Waals surface area contributed by atoms with Crippen LogP contribution in [0.1, 0.15) is 35.5 Å². The molecular weight excluding hydrogens is 416 g/mol. The zero-order valence-corrected chi connectivity index (χ0v) is 17.9. The maximum absolute atomic E-state index is 12.0.